The van der Waals surface area contributed by atoms with Crippen LogP contribution in [0, 0.1) is 11.8 Å². The van der Waals surface area contributed by atoms with Crippen molar-refractivity contribution < 1.29 is 14.6 Å². The van der Waals surface area contributed by atoms with Gasteiger partial charge in [0.05, 0.1) is 7.11 Å². The highest BCUT2D eigenvalue weighted by Gasteiger charge is 2.37. The summed E-state index contributed by atoms with van der Waals surface area (Å²) in [6.45, 7) is 0. The second kappa shape index (κ2) is 7.75. The van der Waals surface area contributed by atoms with Gasteiger partial charge < -0.3 is 9.84 Å². The maximum Gasteiger partial charge on any atom is 0.341 e. The number of hydrogen-bond acceptors (Lipinski definition) is 3. The Morgan fingerprint density at radius 2 is 1.93 bits per heavy atom. The first-order chi connectivity index (χ1) is 13.2. The van der Waals surface area contributed by atoms with Crippen LogP contribution in [0.1, 0.15) is 65.1 Å². The molecule has 3 nitrogen and oxygen atoms in total. The molecule has 0 amide bonds. The minimum atomic E-state index is -0.456. The number of hydrogen-bond donors (Lipinski definition) is 1. The molecule has 0 aromatic heterocycles. The minimum absolute atomic E-state index is 0.0129. The van der Waals surface area contributed by atoms with Crippen LogP contribution < -0.4 is 0 Å². The first-order valence-corrected chi connectivity index (χ1v) is 10.2. The number of carbonyl (C=O) groups is 1. The van der Waals surface area contributed by atoms with E-state index in [1.54, 1.807) is 6.07 Å². The van der Waals surface area contributed by atoms with Crippen LogP contribution in [0.25, 0.3) is 0 Å². The summed E-state index contributed by atoms with van der Waals surface area (Å²) < 4.78 is 4.89. The van der Waals surface area contributed by atoms with E-state index in [-0.39, 0.29) is 5.75 Å². The Hall–Kier alpha value is -2.29. The largest absolute Gasteiger partial charge is 0.507 e. The van der Waals surface area contributed by atoms with Crippen molar-refractivity contribution >= 4 is 5.97 Å². The van der Waals surface area contributed by atoms with E-state index in [9.17, 15) is 9.90 Å². The molecule has 0 radical (unpaired) electrons. The number of benzene rings is 2. The van der Waals surface area contributed by atoms with Gasteiger partial charge in [-0.1, -0.05) is 49.2 Å². The van der Waals surface area contributed by atoms with E-state index >= 15 is 0 Å². The van der Waals surface area contributed by atoms with Gasteiger partial charge in [0.1, 0.15) is 11.3 Å². The van der Waals surface area contributed by atoms with Gasteiger partial charge in [-0.15, -0.1) is 0 Å². The smallest absolute Gasteiger partial charge is 0.341 e. The van der Waals surface area contributed by atoms with Gasteiger partial charge in [0.25, 0.3) is 0 Å². The lowest BCUT2D eigenvalue weighted by Gasteiger charge is -2.43. The van der Waals surface area contributed by atoms with Crippen LogP contribution in [0.15, 0.2) is 42.5 Å². The van der Waals surface area contributed by atoms with Gasteiger partial charge in [0.2, 0.25) is 0 Å². The first kappa shape index (κ1) is 18.1. The molecule has 2 aromatic carbocycles. The molecule has 0 aliphatic heterocycles. The highest BCUT2D eigenvalue weighted by atomic mass is 16.5. The zero-order valence-electron chi connectivity index (χ0n) is 16.0. The van der Waals surface area contributed by atoms with Crippen molar-refractivity contribution in [3.05, 3.63) is 64.7 Å². The summed E-state index contributed by atoms with van der Waals surface area (Å²) in [4.78, 5) is 12.2. The highest BCUT2D eigenvalue weighted by Crippen LogP contribution is 2.48. The lowest BCUT2D eigenvalue weighted by Crippen LogP contribution is -2.32. The molecule has 3 heteroatoms. The van der Waals surface area contributed by atoms with E-state index in [0.29, 0.717) is 11.5 Å². The molecule has 4 rings (SSSR count). The number of methoxy groups -OCH3 is 1. The Kier molecular flexibility index (Phi) is 5.20. The number of esters is 1. The van der Waals surface area contributed by atoms with Crippen molar-refractivity contribution in [2.45, 2.75) is 50.9 Å². The zero-order chi connectivity index (χ0) is 18.8. The van der Waals surface area contributed by atoms with E-state index in [4.69, 9.17) is 4.74 Å². The van der Waals surface area contributed by atoms with Crippen molar-refractivity contribution in [2.75, 3.05) is 7.11 Å². The molecule has 0 bridgehead atoms. The predicted octanol–water partition coefficient (Wildman–Crippen LogP) is 5.26. The molecule has 0 saturated heterocycles. The lowest BCUT2D eigenvalue weighted by atomic mass is 9.62. The van der Waals surface area contributed by atoms with Crippen molar-refractivity contribution in [1.82, 2.24) is 0 Å². The summed E-state index contributed by atoms with van der Waals surface area (Å²) in [5.41, 5.74) is 4.22. The van der Waals surface area contributed by atoms with Gasteiger partial charge >= 0.3 is 5.97 Å². The number of phenolic OH excluding ortho intramolecular Hbond substituents is 1. The predicted molar refractivity (Wildman–Crippen MR) is 106 cm³/mol. The number of aromatic hydroxyl groups is 1. The Balaban J connectivity index is 1.62. The van der Waals surface area contributed by atoms with Crippen LogP contribution in [0.4, 0.5) is 0 Å². The van der Waals surface area contributed by atoms with E-state index in [1.165, 1.54) is 50.3 Å². The summed E-state index contributed by atoms with van der Waals surface area (Å²) in [6.07, 6.45) is 8.35. The molecule has 2 aromatic rings. The van der Waals surface area contributed by atoms with Gasteiger partial charge in [0.15, 0.2) is 0 Å². The molecule has 3 unspecified atom stereocenters. The fourth-order valence-corrected chi connectivity index (χ4v) is 5.43. The maximum atomic E-state index is 12.2. The van der Waals surface area contributed by atoms with E-state index in [2.05, 4.69) is 24.3 Å². The van der Waals surface area contributed by atoms with Gasteiger partial charge in [-0.2, -0.15) is 0 Å². The summed E-state index contributed by atoms with van der Waals surface area (Å²) in [6, 6.07) is 14.2. The van der Waals surface area contributed by atoms with Crippen LogP contribution in [0.2, 0.25) is 0 Å². The molecular weight excluding hydrogens is 336 g/mol. The Morgan fingerprint density at radius 1 is 1.11 bits per heavy atom. The summed E-state index contributed by atoms with van der Waals surface area (Å²) >= 11 is 0. The standard InChI is InChI=1S/C24H28O3/c1-27-24(26)23-16(9-6-12-22(23)25)13-14-21-19-10-4-2-7-17(19)15-18-8-3-5-11-20(18)21/h2,4,6-7,9-10,12,18,20-21,25H,3,5,8,11,13-15H2,1H3. The molecule has 27 heavy (non-hydrogen) atoms. The first-order valence-electron chi connectivity index (χ1n) is 10.2. The van der Waals surface area contributed by atoms with Gasteiger partial charge in [-0.05, 0) is 72.6 Å². The summed E-state index contributed by atoms with van der Waals surface area (Å²) in [5.74, 6) is 1.63. The quantitative estimate of drug-likeness (QED) is 0.753. The topological polar surface area (TPSA) is 46.5 Å². The minimum Gasteiger partial charge on any atom is -0.507 e. The molecular formula is C24H28O3. The second-order valence-corrected chi connectivity index (χ2v) is 8.06. The van der Waals surface area contributed by atoms with Crippen molar-refractivity contribution in [2.24, 2.45) is 11.8 Å². The lowest BCUT2D eigenvalue weighted by molar-refractivity contribution is 0.0596. The molecule has 2 aliphatic rings. The van der Waals surface area contributed by atoms with E-state index in [0.717, 1.165) is 30.2 Å². The number of carbonyl (C=O) groups excluding carboxylic acids is 1. The average Bonchev–Trinajstić information content (AvgIpc) is 2.70. The molecule has 0 spiro atoms. The zero-order valence-corrected chi connectivity index (χ0v) is 16.0. The van der Waals surface area contributed by atoms with E-state index < -0.39 is 5.97 Å². The summed E-state index contributed by atoms with van der Waals surface area (Å²) in [5, 5.41) is 10.2. The van der Waals surface area contributed by atoms with Crippen LogP contribution in [-0.2, 0) is 17.6 Å². The van der Waals surface area contributed by atoms with Gasteiger partial charge in [-0.3, -0.25) is 0 Å². The number of fused-ring (bicyclic) bond motifs is 2. The third-order valence-electron chi connectivity index (χ3n) is 6.66. The average molecular weight is 364 g/mol. The van der Waals surface area contributed by atoms with Crippen LogP contribution in [0.3, 0.4) is 0 Å². The molecule has 1 fully saturated rings. The van der Waals surface area contributed by atoms with Gasteiger partial charge in [0, 0.05) is 0 Å². The Bertz CT molecular complexity index is 826. The van der Waals surface area contributed by atoms with Crippen molar-refractivity contribution in [3.63, 3.8) is 0 Å². The fourth-order valence-electron chi connectivity index (χ4n) is 5.43. The van der Waals surface area contributed by atoms with Crippen LogP contribution in [0.5, 0.6) is 5.75 Å². The van der Waals surface area contributed by atoms with Crippen molar-refractivity contribution in [3.8, 4) is 5.75 Å². The molecule has 2 aliphatic carbocycles. The summed E-state index contributed by atoms with van der Waals surface area (Å²) in [7, 11) is 1.36. The van der Waals surface area contributed by atoms with E-state index in [1.807, 2.05) is 12.1 Å². The van der Waals surface area contributed by atoms with Gasteiger partial charge in [-0.25, -0.2) is 4.79 Å². The third kappa shape index (κ3) is 3.47. The number of aryl methyl sites for hydroxylation is 1. The number of rotatable bonds is 4. The van der Waals surface area contributed by atoms with Crippen LogP contribution in [-0.4, -0.2) is 18.2 Å². The van der Waals surface area contributed by atoms with Crippen LogP contribution >= 0.6 is 0 Å². The Labute approximate surface area is 161 Å². The second-order valence-electron chi connectivity index (χ2n) is 8.06. The highest BCUT2D eigenvalue weighted by molar-refractivity contribution is 5.94. The molecule has 142 valence electrons. The number of phenols is 1. The third-order valence-corrected chi connectivity index (χ3v) is 6.66. The molecule has 0 heterocycles. The fraction of sp³-hybridized carbons (Fsp3) is 0.458. The monoisotopic (exact) mass is 364 g/mol. The molecule has 3 atom stereocenters. The molecule has 1 saturated carbocycles. The normalized spacial score (nSPS) is 24.0. The maximum absolute atomic E-state index is 12.2. The Morgan fingerprint density at radius 3 is 2.78 bits per heavy atom. The SMILES string of the molecule is COC(=O)c1c(O)cccc1CCC1c2ccccc2CC2CCCCC21. The number of ether oxygens (including phenoxy) is 1. The molecule has 1 N–H and O–H groups in total. The van der Waals surface area contributed by atoms with Crippen molar-refractivity contribution in [1.29, 1.82) is 0 Å².